The number of carboxylic acid groups (broad SMARTS) is 1. The van der Waals surface area contributed by atoms with Crippen LogP contribution in [0.25, 0.3) is 0 Å². The molecular weight excluding hydrogens is 286 g/mol. The molecule has 0 bridgehead atoms. The quantitative estimate of drug-likeness (QED) is 0.868. The van der Waals surface area contributed by atoms with Crippen LogP contribution in [0.5, 0.6) is 0 Å². The maximum absolute atomic E-state index is 12.3. The Labute approximate surface area is 127 Å². The number of aryl methyl sites for hydroxylation is 1. The smallest absolute Gasteiger partial charge is 0.326 e. The predicted octanol–water partition coefficient (Wildman–Crippen LogP) is 2.09. The van der Waals surface area contributed by atoms with E-state index in [1.165, 1.54) is 0 Å². The molecule has 3 rings (SSSR count). The van der Waals surface area contributed by atoms with Crippen molar-refractivity contribution in [2.75, 3.05) is 0 Å². The number of carbonyl (C=O) groups is 3. The Morgan fingerprint density at radius 1 is 1.36 bits per heavy atom. The van der Waals surface area contributed by atoms with Crippen LogP contribution < -0.4 is 5.32 Å². The average Bonchev–Trinajstić information content (AvgIpc) is 3.21. The number of rotatable bonds is 5. The van der Waals surface area contributed by atoms with Gasteiger partial charge in [0, 0.05) is 18.4 Å². The second kappa shape index (κ2) is 5.59. The summed E-state index contributed by atoms with van der Waals surface area (Å²) in [4.78, 5) is 35.5. The lowest BCUT2D eigenvalue weighted by Gasteiger charge is -2.13. The van der Waals surface area contributed by atoms with Gasteiger partial charge in [0.25, 0.3) is 5.91 Å². The normalized spacial score (nSPS) is 18.7. The molecule has 1 aromatic rings. The van der Waals surface area contributed by atoms with E-state index in [2.05, 4.69) is 5.32 Å². The minimum absolute atomic E-state index is 0.00526. The van der Waals surface area contributed by atoms with Crippen molar-refractivity contribution in [2.45, 2.75) is 51.5 Å². The summed E-state index contributed by atoms with van der Waals surface area (Å²) in [5.41, 5.74) is 1.03. The fourth-order valence-electron chi connectivity index (χ4n) is 3.00. The number of hydrogen-bond acceptors (Lipinski definition) is 4. The number of aliphatic carboxylic acids is 1. The van der Waals surface area contributed by atoms with Gasteiger partial charge in [0.05, 0.1) is 5.56 Å². The molecule has 1 heterocycles. The fourth-order valence-corrected chi connectivity index (χ4v) is 3.00. The highest BCUT2D eigenvalue weighted by Gasteiger charge is 2.33. The first kappa shape index (κ1) is 14.8. The van der Waals surface area contributed by atoms with Crippen molar-refractivity contribution in [1.82, 2.24) is 5.32 Å². The minimum Gasteiger partial charge on any atom is -0.480 e. The fraction of sp³-hybridized carbons (Fsp3) is 0.562. The van der Waals surface area contributed by atoms with Crippen LogP contribution in [-0.4, -0.2) is 28.8 Å². The van der Waals surface area contributed by atoms with Crippen LogP contribution in [0.3, 0.4) is 0 Å². The zero-order chi connectivity index (χ0) is 15.9. The Bertz CT molecular complexity index is 641. The molecule has 0 radical (unpaired) electrons. The van der Waals surface area contributed by atoms with Crippen LogP contribution >= 0.6 is 0 Å². The van der Waals surface area contributed by atoms with Crippen LogP contribution in [0.1, 0.15) is 64.3 Å². The Hall–Kier alpha value is -2.11. The number of amides is 1. The van der Waals surface area contributed by atoms with Crippen LogP contribution in [0.15, 0.2) is 4.42 Å². The molecule has 1 fully saturated rings. The maximum atomic E-state index is 12.3. The molecular formula is C16H19NO5. The van der Waals surface area contributed by atoms with Gasteiger partial charge in [-0.1, -0.05) is 12.8 Å². The van der Waals surface area contributed by atoms with Gasteiger partial charge in [0.2, 0.25) is 0 Å². The van der Waals surface area contributed by atoms with Crippen LogP contribution in [-0.2, 0) is 11.2 Å². The van der Waals surface area contributed by atoms with E-state index < -0.39 is 17.9 Å². The third-order valence-electron chi connectivity index (χ3n) is 4.38. The van der Waals surface area contributed by atoms with Gasteiger partial charge in [-0.2, -0.15) is 0 Å². The molecule has 2 aliphatic carbocycles. The molecule has 1 unspecified atom stereocenters. The maximum Gasteiger partial charge on any atom is 0.326 e. The summed E-state index contributed by atoms with van der Waals surface area (Å²) in [6.45, 7) is 1.68. The number of carbonyl (C=O) groups excluding carboxylic acids is 2. The molecule has 6 nitrogen and oxygen atoms in total. The summed E-state index contributed by atoms with van der Waals surface area (Å²) in [6.07, 6.45) is 4.30. The summed E-state index contributed by atoms with van der Waals surface area (Å²) < 4.78 is 5.54. The zero-order valence-electron chi connectivity index (χ0n) is 12.5. The number of furan rings is 1. The molecule has 118 valence electrons. The Kier molecular flexibility index (Phi) is 3.76. The van der Waals surface area contributed by atoms with E-state index in [1.807, 2.05) is 0 Å². The summed E-state index contributed by atoms with van der Waals surface area (Å²) in [6, 6.07) is -0.905. The topological polar surface area (TPSA) is 96.6 Å². The van der Waals surface area contributed by atoms with Gasteiger partial charge < -0.3 is 14.8 Å². The minimum atomic E-state index is -1.04. The van der Waals surface area contributed by atoms with Gasteiger partial charge in [-0.3, -0.25) is 9.59 Å². The molecule has 0 aromatic carbocycles. The molecule has 22 heavy (non-hydrogen) atoms. The van der Waals surface area contributed by atoms with E-state index in [0.717, 1.165) is 19.3 Å². The number of nitrogens with one attached hydrogen (secondary N) is 1. The zero-order valence-corrected chi connectivity index (χ0v) is 12.5. The van der Waals surface area contributed by atoms with Crippen molar-refractivity contribution in [3.8, 4) is 0 Å². The predicted molar refractivity (Wildman–Crippen MR) is 76.9 cm³/mol. The van der Waals surface area contributed by atoms with Gasteiger partial charge in [-0.25, -0.2) is 4.79 Å². The first-order valence-electron chi connectivity index (χ1n) is 7.66. The number of Topliss-reactive ketones (excluding diaryl/α,β-unsaturated/α-hetero) is 1. The van der Waals surface area contributed by atoms with Gasteiger partial charge in [0.1, 0.15) is 11.8 Å². The summed E-state index contributed by atoms with van der Waals surface area (Å²) >= 11 is 0. The highest BCUT2D eigenvalue weighted by Crippen LogP contribution is 2.34. The third-order valence-corrected chi connectivity index (χ3v) is 4.38. The molecule has 2 N–H and O–H groups in total. The number of hydrogen-bond donors (Lipinski definition) is 2. The van der Waals surface area contributed by atoms with E-state index in [0.29, 0.717) is 42.1 Å². The average molecular weight is 305 g/mol. The van der Waals surface area contributed by atoms with Crippen molar-refractivity contribution < 1.29 is 23.9 Å². The second-order valence-corrected chi connectivity index (χ2v) is 6.17. The van der Waals surface area contributed by atoms with E-state index in [1.54, 1.807) is 6.92 Å². The summed E-state index contributed by atoms with van der Waals surface area (Å²) in [5, 5.41) is 11.7. The standard InChI is InChI=1S/C16H19NO5/c1-8-13-11(18)3-2-4-12(13)22-14(8)15(19)17-10(16(20)21)7-9-5-6-9/h9-10H,2-7H2,1H3,(H,17,19)(H,20,21). The number of carboxylic acids is 1. The Morgan fingerprint density at radius 3 is 2.68 bits per heavy atom. The van der Waals surface area contributed by atoms with E-state index >= 15 is 0 Å². The molecule has 0 aliphatic heterocycles. The first-order chi connectivity index (χ1) is 10.5. The summed E-state index contributed by atoms with van der Waals surface area (Å²) in [7, 11) is 0. The largest absolute Gasteiger partial charge is 0.480 e. The molecule has 2 aliphatic rings. The lowest BCUT2D eigenvalue weighted by atomic mass is 9.94. The second-order valence-electron chi connectivity index (χ2n) is 6.17. The molecule has 6 heteroatoms. The molecule has 1 saturated carbocycles. The van der Waals surface area contributed by atoms with Crippen molar-refractivity contribution >= 4 is 17.7 Å². The molecule has 0 spiro atoms. The molecule has 0 saturated heterocycles. The van der Waals surface area contributed by atoms with Crippen LogP contribution in [0.4, 0.5) is 0 Å². The van der Waals surface area contributed by atoms with Crippen molar-refractivity contribution in [3.05, 3.63) is 22.6 Å². The Morgan fingerprint density at radius 2 is 2.09 bits per heavy atom. The highest BCUT2D eigenvalue weighted by molar-refractivity contribution is 6.03. The monoisotopic (exact) mass is 305 g/mol. The molecule has 1 aromatic heterocycles. The SMILES string of the molecule is Cc1c(C(=O)NC(CC2CC2)C(=O)O)oc2c1C(=O)CCC2. The van der Waals surface area contributed by atoms with Gasteiger partial charge in [-0.15, -0.1) is 0 Å². The van der Waals surface area contributed by atoms with Gasteiger partial charge >= 0.3 is 5.97 Å². The van der Waals surface area contributed by atoms with Gasteiger partial charge in [0.15, 0.2) is 11.5 Å². The molecule has 1 atom stereocenters. The summed E-state index contributed by atoms with van der Waals surface area (Å²) in [5.74, 6) is -0.587. The van der Waals surface area contributed by atoms with E-state index in [-0.39, 0.29) is 11.5 Å². The van der Waals surface area contributed by atoms with Crippen LogP contribution in [0.2, 0.25) is 0 Å². The highest BCUT2D eigenvalue weighted by atomic mass is 16.4. The van der Waals surface area contributed by atoms with Crippen molar-refractivity contribution in [2.24, 2.45) is 5.92 Å². The van der Waals surface area contributed by atoms with Crippen molar-refractivity contribution in [3.63, 3.8) is 0 Å². The van der Waals surface area contributed by atoms with Crippen LogP contribution in [0, 0.1) is 12.8 Å². The third kappa shape index (κ3) is 2.77. The molecule has 1 amide bonds. The number of ketones is 1. The first-order valence-corrected chi connectivity index (χ1v) is 7.66. The van der Waals surface area contributed by atoms with Crippen molar-refractivity contribution in [1.29, 1.82) is 0 Å². The number of fused-ring (bicyclic) bond motifs is 1. The van der Waals surface area contributed by atoms with E-state index in [4.69, 9.17) is 4.42 Å². The van der Waals surface area contributed by atoms with Gasteiger partial charge in [-0.05, 0) is 25.7 Å². The lowest BCUT2D eigenvalue weighted by Crippen LogP contribution is -2.41. The Balaban J connectivity index is 1.79. The van der Waals surface area contributed by atoms with E-state index in [9.17, 15) is 19.5 Å². The lowest BCUT2D eigenvalue weighted by molar-refractivity contribution is -0.139.